The van der Waals surface area contributed by atoms with Crippen LogP contribution in [0.1, 0.15) is 64.9 Å². The lowest BCUT2D eigenvalue weighted by Crippen LogP contribution is -2.37. The first-order valence-corrected chi connectivity index (χ1v) is 13.4. The molecule has 3 aliphatic rings. The predicted octanol–water partition coefficient (Wildman–Crippen LogP) is 6.90. The molecule has 0 spiro atoms. The van der Waals surface area contributed by atoms with Crippen molar-refractivity contribution in [3.05, 3.63) is 81.5 Å². The predicted molar refractivity (Wildman–Crippen MR) is 146 cm³/mol. The fourth-order valence-corrected chi connectivity index (χ4v) is 5.94. The van der Waals surface area contributed by atoms with E-state index in [2.05, 4.69) is 5.32 Å². The molecule has 6 nitrogen and oxygen atoms in total. The monoisotopic (exact) mass is 551 g/mol. The second kappa shape index (κ2) is 9.94. The molecule has 0 bridgehead atoms. The molecular weight excluding hydrogens is 521 g/mol. The number of ether oxygens (including phenoxy) is 2. The molecule has 1 heterocycles. The van der Waals surface area contributed by atoms with Gasteiger partial charge in [-0.15, -0.1) is 0 Å². The first-order chi connectivity index (χ1) is 18.3. The van der Waals surface area contributed by atoms with Crippen molar-refractivity contribution in [1.82, 2.24) is 0 Å². The fraction of sp³-hybridized carbons (Fsp3) is 0.387. The summed E-state index contributed by atoms with van der Waals surface area (Å²) >= 11 is 6.59. The van der Waals surface area contributed by atoms with E-state index >= 15 is 0 Å². The largest absolute Gasteiger partial charge is 0.482 e. The Kier molecular flexibility index (Phi) is 6.91. The summed E-state index contributed by atoms with van der Waals surface area (Å²) in [5.74, 6) is 0.124. The van der Waals surface area contributed by atoms with Crippen molar-refractivity contribution in [3.8, 4) is 5.75 Å². The zero-order valence-corrected chi connectivity index (χ0v) is 23.2. The summed E-state index contributed by atoms with van der Waals surface area (Å²) in [4.78, 5) is 39.2. The molecule has 2 aromatic carbocycles. The molecular formula is C31H31ClFNO5. The summed E-state index contributed by atoms with van der Waals surface area (Å²) in [5.41, 5.74) is 1.73. The van der Waals surface area contributed by atoms with Gasteiger partial charge in [-0.05, 0) is 52.8 Å². The molecule has 0 aromatic heterocycles. The number of amides is 1. The molecule has 2 aliphatic carbocycles. The Bertz CT molecular complexity index is 1390. The molecule has 1 aliphatic heterocycles. The van der Waals surface area contributed by atoms with Crippen LogP contribution in [0.4, 0.5) is 10.1 Å². The Labute approximate surface area is 232 Å². The number of Topliss-reactive ketones (excluding diaryl/α,β-unsaturated/α-hetero) is 2. The highest BCUT2D eigenvalue weighted by molar-refractivity contribution is 6.32. The van der Waals surface area contributed by atoms with Gasteiger partial charge in [0, 0.05) is 48.4 Å². The maximum absolute atomic E-state index is 13.4. The van der Waals surface area contributed by atoms with Crippen LogP contribution in [0.15, 0.2) is 65.1 Å². The summed E-state index contributed by atoms with van der Waals surface area (Å²) in [6.45, 7) is 7.87. The highest BCUT2D eigenvalue weighted by Crippen LogP contribution is 2.53. The minimum absolute atomic E-state index is 0.0238. The molecule has 0 radical (unpaired) electrons. The molecule has 1 amide bonds. The van der Waals surface area contributed by atoms with E-state index < -0.39 is 17.6 Å². The van der Waals surface area contributed by atoms with Crippen LogP contribution in [-0.4, -0.2) is 24.1 Å². The number of rotatable bonds is 5. The Morgan fingerprint density at radius 3 is 2.05 bits per heavy atom. The van der Waals surface area contributed by atoms with E-state index in [9.17, 15) is 18.8 Å². The molecule has 1 N–H and O–H groups in total. The molecule has 8 heteroatoms. The van der Waals surface area contributed by atoms with Crippen molar-refractivity contribution in [3.63, 3.8) is 0 Å². The average Bonchev–Trinajstić information content (AvgIpc) is 2.82. The number of halogens is 2. The van der Waals surface area contributed by atoms with Crippen molar-refractivity contribution < 1.29 is 28.2 Å². The quantitative estimate of drug-likeness (QED) is 0.437. The van der Waals surface area contributed by atoms with E-state index in [0.717, 1.165) is 0 Å². The van der Waals surface area contributed by atoms with Crippen LogP contribution in [0.5, 0.6) is 5.75 Å². The third-order valence-corrected chi connectivity index (χ3v) is 7.65. The highest BCUT2D eigenvalue weighted by Gasteiger charge is 2.47. The van der Waals surface area contributed by atoms with Gasteiger partial charge < -0.3 is 14.8 Å². The molecule has 39 heavy (non-hydrogen) atoms. The molecule has 0 saturated heterocycles. The Morgan fingerprint density at radius 1 is 0.949 bits per heavy atom. The zero-order valence-electron chi connectivity index (χ0n) is 22.5. The summed E-state index contributed by atoms with van der Waals surface area (Å²) < 4.78 is 25.1. The first-order valence-electron chi connectivity index (χ1n) is 13.0. The molecule has 0 atom stereocenters. The number of nitrogens with one attached hydrogen (secondary N) is 1. The summed E-state index contributed by atoms with van der Waals surface area (Å²) in [6, 6.07) is 10.5. The number of ketones is 2. The SMILES string of the molecule is CC1(C)CC(=O)C2=C(C1)OC1=C(C(=O)CC(C)(C)C1)C2c1ccc(OCC(=O)Nc2ccc(F)cc2)c(Cl)c1. The smallest absolute Gasteiger partial charge is 0.262 e. The van der Waals surface area contributed by atoms with Crippen LogP contribution >= 0.6 is 11.6 Å². The van der Waals surface area contributed by atoms with Gasteiger partial charge in [-0.2, -0.15) is 0 Å². The van der Waals surface area contributed by atoms with Crippen LogP contribution in [0, 0.1) is 16.6 Å². The van der Waals surface area contributed by atoms with Gasteiger partial charge in [-0.3, -0.25) is 14.4 Å². The van der Waals surface area contributed by atoms with Gasteiger partial charge in [0.1, 0.15) is 23.1 Å². The van der Waals surface area contributed by atoms with Crippen molar-refractivity contribution in [2.75, 3.05) is 11.9 Å². The minimum Gasteiger partial charge on any atom is -0.482 e. The Morgan fingerprint density at radius 2 is 1.51 bits per heavy atom. The van der Waals surface area contributed by atoms with Crippen molar-refractivity contribution in [1.29, 1.82) is 0 Å². The highest BCUT2D eigenvalue weighted by atomic mass is 35.5. The van der Waals surface area contributed by atoms with Gasteiger partial charge in [0.05, 0.1) is 5.02 Å². The van der Waals surface area contributed by atoms with Crippen LogP contribution in [0.3, 0.4) is 0 Å². The van der Waals surface area contributed by atoms with Gasteiger partial charge in [-0.1, -0.05) is 45.4 Å². The Balaban J connectivity index is 1.43. The lowest BCUT2D eigenvalue weighted by atomic mass is 9.65. The Hall–Kier alpha value is -3.45. The maximum Gasteiger partial charge on any atom is 0.262 e. The number of allylic oxidation sites excluding steroid dienone is 4. The molecule has 0 saturated carbocycles. The van der Waals surface area contributed by atoms with Crippen LogP contribution in [0.25, 0.3) is 0 Å². The maximum atomic E-state index is 13.4. The first kappa shape index (κ1) is 27.1. The molecule has 0 unspecified atom stereocenters. The van der Waals surface area contributed by atoms with Gasteiger partial charge in [-0.25, -0.2) is 4.39 Å². The number of anilines is 1. The number of hydrogen-bond acceptors (Lipinski definition) is 5. The summed E-state index contributed by atoms with van der Waals surface area (Å²) in [7, 11) is 0. The van der Waals surface area contributed by atoms with Gasteiger partial charge in [0.15, 0.2) is 18.2 Å². The van der Waals surface area contributed by atoms with E-state index in [-0.39, 0.29) is 39.8 Å². The van der Waals surface area contributed by atoms with E-state index in [0.29, 0.717) is 59.6 Å². The third-order valence-electron chi connectivity index (χ3n) is 7.36. The number of benzene rings is 2. The van der Waals surface area contributed by atoms with Crippen molar-refractivity contribution in [2.24, 2.45) is 10.8 Å². The topological polar surface area (TPSA) is 81.7 Å². The number of hydrogen-bond donors (Lipinski definition) is 1. The average molecular weight is 552 g/mol. The zero-order chi connectivity index (χ0) is 28.1. The normalized spacial score (nSPS) is 20.3. The minimum atomic E-state index is -0.565. The molecule has 2 aromatic rings. The fourth-order valence-electron chi connectivity index (χ4n) is 5.70. The number of carbonyl (C=O) groups excluding carboxylic acids is 3. The van der Waals surface area contributed by atoms with E-state index in [1.54, 1.807) is 18.2 Å². The molecule has 204 valence electrons. The van der Waals surface area contributed by atoms with Gasteiger partial charge >= 0.3 is 0 Å². The van der Waals surface area contributed by atoms with Crippen LogP contribution in [0.2, 0.25) is 5.02 Å². The lowest BCUT2D eigenvalue weighted by molar-refractivity contribution is -0.120. The van der Waals surface area contributed by atoms with Gasteiger partial charge in [0.2, 0.25) is 0 Å². The molecule has 5 rings (SSSR count). The van der Waals surface area contributed by atoms with E-state index in [1.165, 1.54) is 24.3 Å². The number of carbonyl (C=O) groups is 3. The van der Waals surface area contributed by atoms with E-state index in [4.69, 9.17) is 21.1 Å². The summed E-state index contributed by atoms with van der Waals surface area (Å²) in [6.07, 6.45) is 1.94. The lowest BCUT2D eigenvalue weighted by Gasteiger charge is -2.42. The van der Waals surface area contributed by atoms with Gasteiger partial charge in [0.25, 0.3) is 5.91 Å². The second-order valence-corrected chi connectivity index (χ2v) is 12.5. The standard InChI is InChI=1S/C31H31ClFNO5/c1-30(2)12-21(35)28-24(14-30)39-25-15-31(3,4)13-22(36)29(25)27(28)17-5-10-23(20(32)11-17)38-16-26(37)34-19-8-6-18(33)7-9-19/h5-11,27H,12-16H2,1-4H3,(H,34,37). The van der Waals surface area contributed by atoms with Crippen LogP contribution in [-0.2, 0) is 19.1 Å². The van der Waals surface area contributed by atoms with Crippen LogP contribution < -0.4 is 10.1 Å². The second-order valence-electron chi connectivity index (χ2n) is 12.1. The summed E-state index contributed by atoms with van der Waals surface area (Å²) in [5, 5.41) is 2.89. The molecule has 0 fully saturated rings. The van der Waals surface area contributed by atoms with Crippen molar-refractivity contribution in [2.45, 2.75) is 59.3 Å². The van der Waals surface area contributed by atoms with Crippen molar-refractivity contribution >= 4 is 34.8 Å². The van der Waals surface area contributed by atoms with E-state index in [1.807, 2.05) is 27.7 Å². The third kappa shape index (κ3) is 5.64.